The normalized spacial score (nSPS) is 14.6. The molecule has 0 saturated carbocycles. The molecule has 0 bridgehead atoms. The zero-order valence-corrected chi connectivity index (χ0v) is 18.1. The Bertz CT molecular complexity index is 881. The average molecular weight is 503 g/mol. The fraction of sp³-hybridized carbons (Fsp3) is 0.389. The molecule has 6 nitrogen and oxygen atoms in total. The van der Waals surface area contributed by atoms with Crippen LogP contribution in [0.25, 0.3) is 11.2 Å². The van der Waals surface area contributed by atoms with Crippen molar-refractivity contribution in [3.8, 4) is 5.88 Å². The number of hydrogen-bond acceptors (Lipinski definition) is 5. The van der Waals surface area contributed by atoms with Crippen LogP contribution in [0, 0.1) is 11.7 Å². The van der Waals surface area contributed by atoms with E-state index in [2.05, 4.69) is 20.3 Å². The number of fused-ring (bicyclic) bond motifs is 1. The maximum Gasteiger partial charge on any atom is 0.242 e. The number of aromatic hydroxyl groups is 1. The van der Waals surface area contributed by atoms with Crippen LogP contribution < -0.4 is 5.32 Å². The summed E-state index contributed by atoms with van der Waals surface area (Å²) in [7, 11) is 0. The summed E-state index contributed by atoms with van der Waals surface area (Å²) in [5.74, 6) is 1.09. The first-order valence-corrected chi connectivity index (χ1v) is 8.55. The van der Waals surface area contributed by atoms with Gasteiger partial charge in [-0.05, 0) is 49.5 Å². The third-order valence-corrected chi connectivity index (χ3v) is 4.78. The van der Waals surface area contributed by atoms with Gasteiger partial charge in [-0.2, -0.15) is 4.98 Å². The molecule has 0 spiro atoms. The van der Waals surface area contributed by atoms with Gasteiger partial charge in [0, 0.05) is 6.42 Å². The van der Waals surface area contributed by atoms with Crippen LogP contribution in [0.4, 0.5) is 4.39 Å². The predicted molar refractivity (Wildman–Crippen MR) is 112 cm³/mol. The molecule has 0 atom stereocenters. The third kappa shape index (κ3) is 4.83. The summed E-state index contributed by atoms with van der Waals surface area (Å²) in [4.78, 5) is 12.8. The van der Waals surface area contributed by atoms with Crippen molar-refractivity contribution in [2.75, 3.05) is 13.1 Å². The van der Waals surface area contributed by atoms with E-state index in [-0.39, 0.29) is 45.7 Å². The number of benzene rings is 1. The summed E-state index contributed by atoms with van der Waals surface area (Å²) >= 11 is 0. The number of hydrogen-bond donors (Lipinski definition) is 2. The Hall–Kier alpha value is -1.58. The molecule has 3 heterocycles. The van der Waals surface area contributed by atoms with Crippen molar-refractivity contribution in [1.29, 1.82) is 0 Å². The monoisotopic (exact) mass is 501 g/mol. The largest absolute Gasteiger partial charge is 0.492 e. The lowest BCUT2D eigenvalue weighted by atomic mass is 9.94. The molecule has 9 heteroatoms. The number of imidazole rings is 1. The molecule has 3 aromatic rings. The molecule has 0 unspecified atom stereocenters. The molecular weight excluding hydrogens is 481 g/mol. The number of rotatable bonds is 4. The summed E-state index contributed by atoms with van der Waals surface area (Å²) in [6.07, 6.45) is 4.39. The highest BCUT2D eigenvalue weighted by Gasteiger charge is 2.20. The van der Waals surface area contributed by atoms with Crippen LogP contribution in [0.3, 0.4) is 0 Å². The van der Waals surface area contributed by atoms with Crippen molar-refractivity contribution in [3.63, 3.8) is 0 Å². The quantitative estimate of drug-likeness (QED) is 0.571. The van der Waals surface area contributed by atoms with Crippen molar-refractivity contribution < 1.29 is 9.50 Å². The fourth-order valence-corrected chi connectivity index (χ4v) is 3.41. The van der Waals surface area contributed by atoms with Crippen LogP contribution in [0.15, 0.2) is 30.6 Å². The minimum absolute atomic E-state index is 0. The third-order valence-electron chi connectivity index (χ3n) is 4.78. The molecule has 0 radical (unpaired) electrons. The zero-order chi connectivity index (χ0) is 17.2. The molecule has 0 amide bonds. The van der Waals surface area contributed by atoms with Crippen molar-refractivity contribution in [2.45, 2.75) is 25.8 Å². The number of nitrogens with zero attached hydrogens (tertiary/aromatic N) is 4. The van der Waals surface area contributed by atoms with E-state index in [9.17, 15) is 9.50 Å². The molecule has 1 saturated heterocycles. The van der Waals surface area contributed by atoms with Gasteiger partial charge < -0.3 is 15.0 Å². The van der Waals surface area contributed by atoms with E-state index < -0.39 is 0 Å². The number of halogens is 3. The number of aromatic nitrogens is 4. The van der Waals surface area contributed by atoms with Gasteiger partial charge in [-0.25, -0.2) is 14.4 Å². The van der Waals surface area contributed by atoms with E-state index >= 15 is 0 Å². The molecule has 4 rings (SSSR count). The van der Waals surface area contributed by atoms with Gasteiger partial charge in [-0.15, -0.1) is 34.0 Å². The first-order chi connectivity index (χ1) is 12.2. The number of piperidine rings is 1. The molecule has 27 heavy (non-hydrogen) atoms. The Morgan fingerprint density at radius 1 is 1.11 bits per heavy atom. The van der Waals surface area contributed by atoms with Crippen molar-refractivity contribution in [3.05, 3.63) is 47.8 Å². The Morgan fingerprint density at radius 2 is 1.81 bits per heavy atom. The Kier molecular flexibility index (Phi) is 7.69. The lowest BCUT2D eigenvalue weighted by molar-refractivity contribution is 0.364. The maximum absolute atomic E-state index is 13.2. The van der Waals surface area contributed by atoms with Gasteiger partial charge in [0.05, 0.1) is 6.54 Å². The van der Waals surface area contributed by atoms with Crippen LogP contribution in [-0.2, 0) is 13.0 Å². The Balaban J connectivity index is 0.00000131. The standard InChI is InChI=1S/C18H20FN5O.2BrH/c19-14-3-1-13(2-4-14)10-24-15(9-12-5-7-20-8-6-12)23-16-17(24)21-11-22-18(16)25;;/h1-4,11-12,20H,5-10H2,(H,21,22,25);2*1H. The second kappa shape index (κ2) is 9.57. The van der Waals surface area contributed by atoms with Crippen LogP contribution >= 0.6 is 34.0 Å². The van der Waals surface area contributed by atoms with Crippen LogP contribution in [0.1, 0.15) is 24.2 Å². The van der Waals surface area contributed by atoms with Crippen molar-refractivity contribution in [2.24, 2.45) is 5.92 Å². The summed E-state index contributed by atoms with van der Waals surface area (Å²) in [5, 5.41) is 13.4. The Morgan fingerprint density at radius 3 is 2.52 bits per heavy atom. The lowest BCUT2D eigenvalue weighted by Crippen LogP contribution is -2.29. The molecule has 1 aliphatic heterocycles. The maximum atomic E-state index is 13.2. The van der Waals surface area contributed by atoms with E-state index in [4.69, 9.17) is 0 Å². The van der Waals surface area contributed by atoms with Gasteiger partial charge in [0.25, 0.3) is 0 Å². The topological polar surface area (TPSA) is 75.9 Å². The highest BCUT2D eigenvalue weighted by molar-refractivity contribution is 8.93. The minimum atomic E-state index is -0.255. The van der Waals surface area contributed by atoms with Crippen LogP contribution in [0.5, 0.6) is 5.88 Å². The van der Waals surface area contributed by atoms with E-state index in [0.717, 1.165) is 43.7 Å². The molecule has 0 aliphatic carbocycles. The summed E-state index contributed by atoms with van der Waals surface area (Å²) < 4.78 is 15.2. The van der Waals surface area contributed by atoms with Gasteiger partial charge in [-0.1, -0.05) is 12.1 Å². The zero-order valence-electron chi connectivity index (χ0n) is 14.6. The first kappa shape index (κ1) is 21.7. The van der Waals surface area contributed by atoms with E-state index in [0.29, 0.717) is 23.6 Å². The van der Waals surface area contributed by atoms with Gasteiger partial charge in [0.15, 0.2) is 11.2 Å². The lowest BCUT2D eigenvalue weighted by Gasteiger charge is -2.22. The summed E-state index contributed by atoms with van der Waals surface area (Å²) in [6, 6.07) is 6.42. The van der Waals surface area contributed by atoms with Gasteiger partial charge in [0.1, 0.15) is 18.0 Å². The second-order valence-corrected chi connectivity index (χ2v) is 6.51. The van der Waals surface area contributed by atoms with Gasteiger partial charge >= 0.3 is 0 Å². The molecule has 1 aromatic carbocycles. The molecule has 2 aromatic heterocycles. The SMILES string of the molecule is Br.Br.Oc1ncnc2c1nc(CC1CCNCC1)n2Cc1ccc(F)cc1. The summed E-state index contributed by atoms with van der Waals surface area (Å²) in [6.45, 7) is 2.58. The first-order valence-electron chi connectivity index (χ1n) is 8.55. The predicted octanol–water partition coefficient (Wildman–Crippen LogP) is 3.42. The molecule has 1 aliphatic rings. The highest BCUT2D eigenvalue weighted by Crippen LogP contribution is 2.25. The smallest absolute Gasteiger partial charge is 0.242 e. The molecule has 2 N–H and O–H groups in total. The minimum Gasteiger partial charge on any atom is -0.492 e. The van der Waals surface area contributed by atoms with Crippen LogP contribution in [-0.4, -0.2) is 37.7 Å². The summed E-state index contributed by atoms with van der Waals surface area (Å²) in [5.41, 5.74) is 2.00. The van der Waals surface area contributed by atoms with Crippen molar-refractivity contribution in [1.82, 2.24) is 24.8 Å². The Labute approximate surface area is 177 Å². The molecule has 1 fully saturated rings. The van der Waals surface area contributed by atoms with E-state index in [1.807, 2.05) is 4.57 Å². The fourth-order valence-electron chi connectivity index (χ4n) is 3.41. The average Bonchev–Trinajstić information content (AvgIpc) is 2.97. The van der Waals surface area contributed by atoms with E-state index in [1.54, 1.807) is 12.1 Å². The number of nitrogens with one attached hydrogen (secondary N) is 1. The highest BCUT2D eigenvalue weighted by atomic mass is 79.9. The molecular formula is C18H22Br2FN5O. The van der Waals surface area contributed by atoms with E-state index in [1.165, 1.54) is 18.5 Å². The van der Waals surface area contributed by atoms with Gasteiger partial charge in [0.2, 0.25) is 5.88 Å². The van der Waals surface area contributed by atoms with Crippen molar-refractivity contribution >= 4 is 45.1 Å². The van der Waals surface area contributed by atoms with Crippen LogP contribution in [0.2, 0.25) is 0 Å². The second-order valence-electron chi connectivity index (χ2n) is 6.51. The van der Waals surface area contributed by atoms with Gasteiger partial charge in [-0.3, -0.25) is 0 Å². The molecule has 146 valence electrons.